The van der Waals surface area contributed by atoms with Crippen LogP contribution in [0.3, 0.4) is 0 Å². The summed E-state index contributed by atoms with van der Waals surface area (Å²) in [4.78, 5) is 16.5. The van der Waals surface area contributed by atoms with Crippen molar-refractivity contribution in [2.45, 2.75) is 27.2 Å². The van der Waals surface area contributed by atoms with Crippen molar-refractivity contribution in [2.24, 2.45) is 7.05 Å². The van der Waals surface area contributed by atoms with Crippen molar-refractivity contribution in [2.75, 3.05) is 11.9 Å². The highest BCUT2D eigenvalue weighted by atomic mass is 16.5. The van der Waals surface area contributed by atoms with Gasteiger partial charge in [0.1, 0.15) is 0 Å². The number of benzene rings is 1. The van der Waals surface area contributed by atoms with Crippen molar-refractivity contribution in [3.63, 3.8) is 0 Å². The van der Waals surface area contributed by atoms with E-state index >= 15 is 0 Å². The summed E-state index contributed by atoms with van der Waals surface area (Å²) in [5.74, 6) is 0.203. The molecule has 3 aromatic rings. The van der Waals surface area contributed by atoms with Crippen LogP contribution in [0.2, 0.25) is 0 Å². The molecule has 0 radical (unpaired) electrons. The zero-order valence-corrected chi connectivity index (χ0v) is 15.0. The number of aromatic nitrogens is 3. The number of pyridine rings is 1. The molecule has 25 heavy (non-hydrogen) atoms. The number of nitrogens with zero attached hydrogens (tertiary/aromatic N) is 3. The van der Waals surface area contributed by atoms with E-state index in [9.17, 15) is 4.79 Å². The van der Waals surface area contributed by atoms with E-state index in [0.717, 1.165) is 34.4 Å². The first-order valence-corrected chi connectivity index (χ1v) is 8.30. The summed E-state index contributed by atoms with van der Waals surface area (Å²) in [6.45, 7) is 5.94. The first kappa shape index (κ1) is 17.0. The second-order valence-corrected chi connectivity index (χ2v) is 6.07. The Hall–Kier alpha value is -2.89. The van der Waals surface area contributed by atoms with Gasteiger partial charge in [0, 0.05) is 24.2 Å². The molecule has 0 saturated carbocycles. The minimum atomic E-state index is -0.218. The quantitative estimate of drug-likeness (QED) is 0.776. The summed E-state index contributed by atoms with van der Waals surface area (Å²) in [5, 5.41) is 8.22. The molecule has 0 saturated heterocycles. The van der Waals surface area contributed by atoms with Crippen molar-refractivity contribution in [3.8, 4) is 5.88 Å². The normalized spacial score (nSPS) is 10.9. The third-order valence-corrected chi connectivity index (χ3v) is 4.14. The number of carbonyl (C=O) groups is 1. The van der Waals surface area contributed by atoms with Gasteiger partial charge in [-0.25, -0.2) is 0 Å². The van der Waals surface area contributed by atoms with E-state index in [1.165, 1.54) is 5.56 Å². The minimum absolute atomic E-state index is 0.0929. The Bertz CT molecular complexity index is 913. The topological polar surface area (TPSA) is 69.0 Å². The van der Waals surface area contributed by atoms with Gasteiger partial charge in [0.2, 0.25) is 5.88 Å². The highest BCUT2D eigenvalue weighted by Gasteiger charge is 2.12. The fraction of sp³-hybridized carbons (Fsp3) is 0.316. The van der Waals surface area contributed by atoms with Gasteiger partial charge in [-0.05, 0) is 43.5 Å². The summed E-state index contributed by atoms with van der Waals surface area (Å²) in [6.07, 6.45) is 0.971. The zero-order valence-electron chi connectivity index (χ0n) is 15.0. The fourth-order valence-electron chi connectivity index (χ4n) is 2.86. The molecule has 2 heterocycles. The zero-order chi connectivity index (χ0) is 18.0. The number of carbonyl (C=O) groups excluding carboxylic acids is 1. The smallest absolute Gasteiger partial charge is 0.262 e. The van der Waals surface area contributed by atoms with E-state index in [0.29, 0.717) is 5.88 Å². The van der Waals surface area contributed by atoms with E-state index in [1.54, 1.807) is 4.68 Å². The van der Waals surface area contributed by atoms with Gasteiger partial charge in [0.05, 0.1) is 5.69 Å². The SMILES string of the molecule is CCc1ccc(NC(=O)COc2cc(C)c3c(C)nn(C)c3n2)cc1. The van der Waals surface area contributed by atoms with Gasteiger partial charge >= 0.3 is 0 Å². The average Bonchev–Trinajstić information content (AvgIpc) is 2.88. The van der Waals surface area contributed by atoms with Crippen LogP contribution in [-0.2, 0) is 18.3 Å². The number of nitrogens with one attached hydrogen (secondary N) is 1. The van der Waals surface area contributed by atoms with Crippen LogP contribution in [0.15, 0.2) is 30.3 Å². The summed E-state index contributed by atoms with van der Waals surface area (Å²) < 4.78 is 7.30. The highest BCUT2D eigenvalue weighted by Crippen LogP contribution is 2.23. The van der Waals surface area contributed by atoms with Crippen LogP contribution in [0.25, 0.3) is 11.0 Å². The van der Waals surface area contributed by atoms with E-state index in [4.69, 9.17) is 4.74 Å². The van der Waals surface area contributed by atoms with Gasteiger partial charge in [0.15, 0.2) is 12.3 Å². The number of amides is 1. The molecule has 0 aliphatic carbocycles. The minimum Gasteiger partial charge on any atom is -0.467 e. The first-order chi connectivity index (χ1) is 12.0. The van der Waals surface area contributed by atoms with Crippen molar-refractivity contribution in [1.82, 2.24) is 14.8 Å². The van der Waals surface area contributed by atoms with Crippen LogP contribution in [0, 0.1) is 13.8 Å². The van der Waals surface area contributed by atoms with Crippen LogP contribution in [0.4, 0.5) is 5.69 Å². The third-order valence-electron chi connectivity index (χ3n) is 4.14. The maximum atomic E-state index is 12.1. The monoisotopic (exact) mass is 338 g/mol. The second kappa shape index (κ2) is 6.93. The maximum Gasteiger partial charge on any atom is 0.262 e. The molecule has 0 fully saturated rings. The Kier molecular flexibility index (Phi) is 4.70. The Morgan fingerprint density at radius 1 is 1.24 bits per heavy atom. The molecule has 0 unspecified atom stereocenters. The van der Waals surface area contributed by atoms with E-state index < -0.39 is 0 Å². The summed E-state index contributed by atoms with van der Waals surface area (Å²) in [7, 11) is 1.85. The molecule has 2 aromatic heterocycles. The van der Waals surface area contributed by atoms with Crippen LogP contribution in [0.5, 0.6) is 5.88 Å². The Morgan fingerprint density at radius 2 is 1.96 bits per heavy atom. The average molecular weight is 338 g/mol. The maximum absolute atomic E-state index is 12.1. The number of aryl methyl sites for hydroxylation is 4. The van der Waals surface area contributed by atoms with Crippen LogP contribution >= 0.6 is 0 Å². The molecule has 6 nitrogen and oxygen atoms in total. The lowest BCUT2D eigenvalue weighted by Crippen LogP contribution is -2.20. The summed E-state index contributed by atoms with van der Waals surface area (Å²) in [5.41, 5.74) is 4.70. The number of anilines is 1. The molecule has 1 amide bonds. The van der Waals surface area contributed by atoms with E-state index in [-0.39, 0.29) is 12.5 Å². The van der Waals surface area contributed by atoms with Gasteiger partial charge < -0.3 is 10.1 Å². The standard InChI is InChI=1S/C19H22N4O2/c1-5-14-6-8-15(9-7-14)20-16(24)11-25-17-10-12(2)18-13(3)22-23(4)19(18)21-17/h6-10H,5,11H2,1-4H3,(H,20,24). The number of rotatable bonds is 5. The number of hydrogen-bond donors (Lipinski definition) is 1. The van der Waals surface area contributed by atoms with Crippen molar-refractivity contribution >= 4 is 22.6 Å². The molecule has 1 N–H and O–H groups in total. The molecule has 130 valence electrons. The predicted molar refractivity (Wildman–Crippen MR) is 97.9 cm³/mol. The summed E-state index contributed by atoms with van der Waals surface area (Å²) >= 11 is 0. The molecule has 0 aliphatic rings. The molecule has 0 spiro atoms. The number of ether oxygens (including phenoxy) is 1. The third kappa shape index (κ3) is 3.63. The molecule has 6 heteroatoms. The van der Waals surface area contributed by atoms with Crippen molar-refractivity contribution in [3.05, 3.63) is 47.2 Å². The van der Waals surface area contributed by atoms with Gasteiger partial charge in [-0.15, -0.1) is 0 Å². The molecular weight excluding hydrogens is 316 g/mol. The lowest BCUT2D eigenvalue weighted by molar-refractivity contribution is -0.118. The van der Waals surface area contributed by atoms with Crippen molar-refractivity contribution < 1.29 is 9.53 Å². The molecule has 0 bridgehead atoms. The van der Waals surface area contributed by atoms with Gasteiger partial charge in [-0.2, -0.15) is 10.1 Å². The van der Waals surface area contributed by atoms with Gasteiger partial charge in [-0.1, -0.05) is 19.1 Å². The van der Waals surface area contributed by atoms with Crippen LogP contribution in [0.1, 0.15) is 23.7 Å². The second-order valence-electron chi connectivity index (χ2n) is 6.07. The van der Waals surface area contributed by atoms with Gasteiger partial charge in [-0.3, -0.25) is 9.48 Å². The van der Waals surface area contributed by atoms with Crippen LogP contribution in [-0.4, -0.2) is 27.3 Å². The van der Waals surface area contributed by atoms with E-state index in [2.05, 4.69) is 22.3 Å². The largest absolute Gasteiger partial charge is 0.467 e. The summed E-state index contributed by atoms with van der Waals surface area (Å²) in [6, 6.07) is 9.62. The Balaban J connectivity index is 1.67. The fourth-order valence-corrected chi connectivity index (χ4v) is 2.86. The molecule has 1 aromatic carbocycles. The molecule has 3 rings (SSSR count). The number of hydrogen-bond acceptors (Lipinski definition) is 4. The Labute approximate surface area is 146 Å². The van der Waals surface area contributed by atoms with Crippen LogP contribution < -0.4 is 10.1 Å². The first-order valence-electron chi connectivity index (χ1n) is 8.30. The molecular formula is C19H22N4O2. The van der Waals surface area contributed by atoms with E-state index in [1.807, 2.05) is 51.2 Å². The lowest BCUT2D eigenvalue weighted by Gasteiger charge is -2.09. The Morgan fingerprint density at radius 3 is 2.64 bits per heavy atom. The van der Waals surface area contributed by atoms with Gasteiger partial charge in [0.25, 0.3) is 5.91 Å². The van der Waals surface area contributed by atoms with Crippen molar-refractivity contribution in [1.29, 1.82) is 0 Å². The molecule has 0 aliphatic heterocycles. The number of fused-ring (bicyclic) bond motifs is 1. The molecule has 0 atom stereocenters. The highest BCUT2D eigenvalue weighted by molar-refractivity contribution is 5.92. The predicted octanol–water partition coefficient (Wildman–Crippen LogP) is 3.17. The lowest BCUT2D eigenvalue weighted by atomic mass is 10.1.